The Morgan fingerprint density at radius 1 is 0.897 bits per heavy atom. The first-order chi connectivity index (χ1) is 18.9. The molecule has 0 aromatic heterocycles. The van der Waals surface area contributed by atoms with Crippen molar-refractivity contribution in [2.75, 3.05) is 51.3 Å². The lowest BCUT2D eigenvalue weighted by atomic mass is 9.58. The van der Waals surface area contributed by atoms with E-state index in [0.717, 1.165) is 38.2 Å². The van der Waals surface area contributed by atoms with Crippen LogP contribution in [0.1, 0.15) is 57.4 Å². The van der Waals surface area contributed by atoms with Crippen molar-refractivity contribution in [1.82, 2.24) is 4.90 Å². The zero-order valence-corrected chi connectivity index (χ0v) is 24.6. The molecule has 0 N–H and O–H groups in total. The van der Waals surface area contributed by atoms with Gasteiger partial charge >= 0.3 is 0 Å². The molecule has 2 saturated carbocycles. The molecule has 2 aliphatic heterocycles. The third kappa shape index (κ3) is 5.41. The molecule has 2 heterocycles. The summed E-state index contributed by atoms with van der Waals surface area (Å²) in [7, 11) is -1.24. The second-order valence-electron chi connectivity index (χ2n) is 13.0. The van der Waals surface area contributed by atoms with Crippen LogP contribution in [0.5, 0.6) is 0 Å². The highest BCUT2D eigenvalue weighted by molar-refractivity contribution is 7.92. The minimum atomic E-state index is -3.10. The monoisotopic (exact) mass is 550 g/mol. The highest BCUT2D eigenvalue weighted by atomic mass is 32.2. The summed E-state index contributed by atoms with van der Waals surface area (Å²) in [5.74, 6) is 2.77. The normalized spacial score (nSPS) is 26.9. The predicted octanol–water partition coefficient (Wildman–Crippen LogP) is 5.79. The lowest BCUT2D eigenvalue weighted by Gasteiger charge is -2.50. The Labute approximate surface area is 235 Å². The molecule has 0 radical (unpaired) electrons. The topological polar surface area (TPSA) is 49.9 Å². The van der Waals surface area contributed by atoms with Gasteiger partial charge in [-0.05, 0) is 105 Å². The van der Waals surface area contributed by atoms with Gasteiger partial charge in [-0.3, -0.25) is 0 Å². The zero-order valence-electron chi connectivity index (χ0n) is 23.8. The van der Waals surface area contributed by atoms with E-state index in [0.29, 0.717) is 28.6 Å². The van der Waals surface area contributed by atoms with Gasteiger partial charge in [-0.15, -0.1) is 0 Å². The van der Waals surface area contributed by atoms with Gasteiger partial charge in [0.15, 0.2) is 9.84 Å². The van der Waals surface area contributed by atoms with E-state index in [1.54, 1.807) is 0 Å². The van der Waals surface area contributed by atoms with Gasteiger partial charge in [0.2, 0.25) is 0 Å². The van der Waals surface area contributed by atoms with Crippen LogP contribution in [-0.4, -0.2) is 65.0 Å². The van der Waals surface area contributed by atoms with Crippen LogP contribution in [0.4, 0.5) is 5.69 Å². The number of piperidine rings is 1. The molecule has 5 nitrogen and oxygen atoms in total. The second kappa shape index (κ2) is 11.2. The first-order valence-corrected chi connectivity index (χ1v) is 16.8. The van der Waals surface area contributed by atoms with Gasteiger partial charge in [-0.1, -0.05) is 43.7 Å². The fourth-order valence-electron chi connectivity index (χ4n) is 8.18. The average molecular weight is 551 g/mol. The number of hydrogen-bond acceptors (Lipinski definition) is 5. The van der Waals surface area contributed by atoms with Crippen molar-refractivity contribution >= 4 is 15.5 Å². The summed E-state index contributed by atoms with van der Waals surface area (Å²) in [6.45, 7) is 9.16. The first kappa shape index (κ1) is 27.3. The minimum Gasteiger partial charge on any atom is -0.384 e. The number of sulfone groups is 1. The third-order valence-corrected chi connectivity index (χ3v) is 12.9. The molecular formula is C33H46N2O3S. The fraction of sp³-hybridized carbons (Fsp3) is 0.636. The molecule has 2 saturated heterocycles. The van der Waals surface area contributed by atoms with E-state index in [1.165, 1.54) is 57.3 Å². The SMILES string of the molecule is COC[C@H]1CCC[C@@H]1C(C)(c1ccccc1)C1CCN(CC2CN(c3ccc(S(=O)(=O)C4CC4)cc3)C2)CC1. The van der Waals surface area contributed by atoms with Crippen molar-refractivity contribution in [3.8, 4) is 0 Å². The average Bonchev–Trinajstić information content (AvgIpc) is 3.71. The first-order valence-electron chi connectivity index (χ1n) is 15.3. The maximum absolute atomic E-state index is 12.5. The standard InChI is InChI=1S/C33H46N2O3S/c1-33(27-8-4-3-5-9-27,32-10-6-7-26(32)24-38-2)28-17-19-34(20-18-28)21-25-22-35(23-25)29-11-13-30(14-12-29)39(36,37)31-15-16-31/h3-5,8-9,11-14,25-26,28,31-32H,6-7,10,15-24H2,1-2H3/t26-,32+,33?/m1/s1. The predicted molar refractivity (Wildman–Crippen MR) is 158 cm³/mol. The van der Waals surface area contributed by atoms with E-state index in [9.17, 15) is 8.42 Å². The Kier molecular flexibility index (Phi) is 7.82. The summed E-state index contributed by atoms with van der Waals surface area (Å²) in [4.78, 5) is 5.59. The van der Waals surface area contributed by atoms with E-state index in [2.05, 4.69) is 47.1 Å². The van der Waals surface area contributed by atoms with Crippen LogP contribution in [0.2, 0.25) is 0 Å². The summed E-state index contributed by atoms with van der Waals surface area (Å²) in [5, 5.41) is -0.142. The Balaban J connectivity index is 1.04. The second-order valence-corrected chi connectivity index (χ2v) is 15.2. The van der Waals surface area contributed by atoms with Crippen LogP contribution in [0.15, 0.2) is 59.5 Å². The van der Waals surface area contributed by atoms with Crippen molar-refractivity contribution in [3.63, 3.8) is 0 Å². The molecule has 0 bridgehead atoms. The molecule has 212 valence electrons. The lowest BCUT2D eigenvalue weighted by molar-refractivity contribution is 0.0481. The molecule has 4 fully saturated rings. The van der Waals surface area contributed by atoms with Gasteiger partial charge in [0.1, 0.15) is 0 Å². The molecule has 2 aromatic rings. The maximum atomic E-state index is 12.5. The smallest absolute Gasteiger partial charge is 0.181 e. The molecule has 4 aliphatic rings. The van der Waals surface area contributed by atoms with Crippen LogP contribution in [0, 0.1) is 23.7 Å². The number of likely N-dealkylation sites (tertiary alicyclic amines) is 1. The van der Waals surface area contributed by atoms with E-state index >= 15 is 0 Å². The summed E-state index contributed by atoms with van der Waals surface area (Å²) >= 11 is 0. The Bertz CT molecular complexity index is 1200. The van der Waals surface area contributed by atoms with Crippen LogP contribution < -0.4 is 4.90 Å². The van der Waals surface area contributed by atoms with Gasteiger partial charge in [-0.2, -0.15) is 0 Å². The molecular weight excluding hydrogens is 504 g/mol. The van der Waals surface area contributed by atoms with Crippen LogP contribution >= 0.6 is 0 Å². The zero-order chi connectivity index (χ0) is 27.0. The Hall–Kier alpha value is -1.89. The Morgan fingerprint density at radius 2 is 1.59 bits per heavy atom. The number of benzene rings is 2. The molecule has 1 unspecified atom stereocenters. The van der Waals surface area contributed by atoms with Crippen molar-refractivity contribution in [1.29, 1.82) is 0 Å². The van der Waals surface area contributed by atoms with E-state index in [4.69, 9.17) is 4.74 Å². The quantitative estimate of drug-likeness (QED) is 0.375. The molecule has 3 atom stereocenters. The van der Waals surface area contributed by atoms with E-state index in [1.807, 2.05) is 31.4 Å². The molecule has 2 aromatic carbocycles. The molecule has 6 heteroatoms. The van der Waals surface area contributed by atoms with Crippen LogP contribution in [-0.2, 0) is 20.0 Å². The highest BCUT2D eigenvalue weighted by Gasteiger charge is 2.48. The van der Waals surface area contributed by atoms with E-state index < -0.39 is 9.84 Å². The number of anilines is 1. The van der Waals surface area contributed by atoms with E-state index in [-0.39, 0.29) is 10.7 Å². The van der Waals surface area contributed by atoms with Crippen LogP contribution in [0.25, 0.3) is 0 Å². The Morgan fingerprint density at radius 3 is 2.23 bits per heavy atom. The van der Waals surface area contributed by atoms with Crippen LogP contribution in [0.3, 0.4) is 0 Å². The van der Waals surface area contributed by atoms with Crippen molar-refractivity contribution in [2.45, 2.75) is 67.4 Å². The summed E-state index contributed by atoms with van der Waals surface area (Å²) in [6, 6.07) is 19.0. The fourth-order valence-corrected chi connectivity index (χ4v) is 9.84. The van der Waals surface area contributed by atoms with Crippen molar-refractivity contribution in [3.05, 3.63) is 60.2 Å². The molecule has 39 heavy (non-hydrogen) atoms. The number of nitrogens with zero attached hydrogens (tertiary/aromatic N) is 2. The van der Waals surface area contributed by atoms with Gasteiger partial charge in [-0.25, -0.2) is 8.42 Å². The maximum Gasteiger partial charge on any atom is 0.181 e. The largest absolute Gasteiger partial charge is 0.384 e. The van der Waals surface area contributed by atoms with Gasteiger partial charge in [0.25, 0.3) is 0 Å². The molecule has 2 aliphatic carbocycles. The summed E-state index contributed by atoms with van der Waals surface area (Å²) in [6.07, 6.45) is 8.13. The van der Waals surface area contributed by atoms with Crippen molar-refractivity contribution < 1.29 is 13.2 Å². The van der Waals surface area contributed by atoms with Crippen molar-refractivity contribution in [2.24, 2.45) is 23.7 Å². The summed E-state index contributed by atoms with van der Waals surface area (Å²) < 4.78 is 30.7. The highest BCUT2D eigenvalue weighted by Crippen LogP contribution is 2.52. The summed E-state index contributed by atoms with van der Waals surface area (Å²) in [5.41, 5.74) is 2.89. The number of hydrogen-bond donors (Lipinski definition) is 0. The third-order valence-electron chi connectivity index (χ3n) is 10.6. The number of ether oxygens (including phenoxy) is 1. The van der Waals surface area contributed by atoms with Gasteiger partial charge < -0.3 is 14.5 Å². The van der Waals surface area contributed by atoms with Gasteiger partial charge in [0.05, 0.1) is 10.1 Å². The minimum absolute atomic E-state index is 0.142. The molecule has 0 spiro atoms. The molecule has 6 rings (SSSR count). The lowest BCUT2D eigenvalue weighted by Crippen LogP contribution is -2.53. The number of rotatable bonds is 10. The number of methoxy groups -OCH3 is 1. The molecule has 0 amide bonds. The van der Waals surface area contributed by atoms with Gasteiger partial charge in [0, 0.05) is 45.0 Å².